The predicted molar refractivity (Wildman–Crippen MR) is 111 cm³/mol. The summed E-state index contributed by atoms with van der Waals surface area (Å²) in [5.74, 6) is 0.323. The maximum Gasteiger partial charge on any atom is 0.243 e. The highest BCUT2D eigenvalue weighted by Crippen LogP contribution is 2.27. The van der Waals surface area contributed by atoms with Crippen LogP contribution in [0.15, 0.2) is 59.6 Å². The van der Waals surface area contributed by atoms with Crippen LogP contribution in [-0.2, 0) is 14.8 Å². The number of piperidine rings is 1. The van der Waals surface area contributed by atoms with Gasteiger partial charge in [-0.2, -0.15) is 4.31 Å². The van der Waals surface area contributed by atoms with Gasteiger partial charge in [-0.25, -0.2) is 8.42 Å². The molecule has 4 rings (SSSR count). The van der Waals surface area contributed by atoms with Crippen molar-refractivity contribution in [1.82, 2.24) is 9.29 Å². The quantitative estimate of drug-likeness (QED) is 0.672. The fraction of sp³-hybridized carbons (Fsp3) is 0.286. The number of methoxy groups -OCH3 is 1. The standard InChI is InChI=1S/C21H23N3O4S/c1-28-16-5-7-17(8-6-16)29(26,27)24-13-10-15(11-14-24)21(25)23-20-4-2-3-19-18(20)9-12-22-19/h2-9,12,15,22H,10-11,13-14H2,1H3,(H,23,25). The molecule has 3 aromatic rings. The Kier molecular flexibility index (Phi) is 5.29. The Morgan fingerprint density at radius 2 is 1.83 bits per heavy atom. The van der Waals surface area contributed by atoms with Gasteiger partial charge < -0.3 is 15.0 Å². The predicted octanol–water partition coefficient (Wildman–Crippen LogP) is 3.22. The molecule has 2 heterocycles. The first-order chi connectivity index (χ1) is 14.0. The second kappa shape index (κ2) is 7.88. The van der Waals surface area contributed by atoms with E-state index in [1.807, 2.05) is 30.5 Å². The molecular formula is C21H23N3O4S. The number of fused-ring (bicyclic) bond motifs is 1. The lowest BCUT2D eigenvalue weighted by Crippen LogP contribution is -2.41. The zero-order valence-electron chi connectivity index (χ0n) is 16.1. The van der Waals surface area contributed by atoms with Crippen LogP contribution >= 0.6 is 0 Å². The highest BCUT2D eigenvalue weighted by atomic mass is 32.2. The molecule has 2 N–H and O–H groups in total. The van der Waals surface area contributed by atoms with Crippen molar-refractivity contribution in [3.63, 3.8) is 0 Å². The Labute approximate surface area is 169 Å². The Hall–Kier alpha value is -2.84. The van der Waals surface area contributed by atoms with E-state index in [9.17, 15) is 13.2 Å². The minimum absolute atomic E-state index is 0.0693. The summed E-state index contributed by atoms with van der Waals surface area (Å²) in [5.41, 5.74) is 1.73. The van der Waals surface area contributed by atoms with E-state index in [0.717, 1.165) is 16.6 Å². The second-order valence-electron chi connectivity index (χ2n) is 7.09. The molecule has 0 saturated carbocycles. The SMILES string of the molecule is COc1ccc(S(=O)(=O)N2CCC(C(=O)Nc3cccc4[nH]ccc34)CC2)cc1. The van der Waals surface area contributed by atoms with Crippen LogP contribution in [-0.4, -0.2) is 43.8 Å². The fourth-order valence-electron chi connectivity index (χ4n) is 3.68. The number of amides is 1. The van der Waals surface area contributed by atoms with E-state index in [2.05, 4.69) is 10.3 Å². The average Bonchev–Trinajstić information content (AvgIpc) is 3.24. The summed E-state index contributed by atoms with van der Waals surface area (Å²) in [4.78, 5) is 16.1. The van der Waals surface area contributed by atoms with Gasteiger partial charge in [-0.15, -0.1) is 0 Å². The molecule has 152 valence electrons. The number of carbonyl (C=O) groups excluding carboxylic acids is 1. The normalized spacial score (nSPS) is 16.0. The molecule has 0 atom stereocenters. The zero-order chi connectivity index (χ0) is 20.4. The molecule has 1 fully saturated rings. The summed E-state index contributed by atoms with van der Waals surface area (Å²) in [6, 6.07) is 14.0. The Balaban J connectivity index is 1.40. The molecule has 1 amide bonds. The van der Waals surface area contributed by atoms with Crippen molar-refractivity contribution in [3.05, 3.63) is 54.7 Å². The number of H-pyrrole nitrogens is 1. The average molecular weight is 413 g/mol. The van der Waals surface area contributed by atoms with Crippen LogP contribution in [0.2, 0.25) is 0 Å². The maximum absolute atomic E-state index is 12.9. The molecule has 0 unspecified atom stereocenters. The highest BCUT2D eigenvalue weighted by molar-refractivity contribution is 7.89. The van der Waals surface area contributed by atoms with Gasteiger partial charge in [0.1, 0.15) is 5.75 Å². The smallest absolute Gasteiger partial charge is 0.243 e. The second-order valence-corrected chi connectivity index (χ2v) is 9.03. The van der Waals surface area contributed by atoms with Gasteiger partial charge in [0.25, 0.3) is 0 Å². The summed E-state index contributed by atoms with van der Waals surface area (Å²) in [6.45, 7) is 0.640. The van der Waals surface area contributed by atoms with Crippen LogP contribution in [0.1, 0.15) is 12.8 Å². The molecule has 1 aliphatic heterocycles. The van der Waals surface area contributed by atoms with Crippen molar-refractivity contribution >= 4 is 32.5 Å². The molecule has 1 aromatic heterocycles. The van der Waals surface area contributed by atoms with E-state index in [1.165, 1.54) is 11.4 Å². The van der Waals surface area contributed by atoms with Crippen LogP contribution in [0.4, 0.5) is 5.69 Å². The number of nitrogens with one attached hydrogen (secondary N) is 2. The largest absolute Gasteiger partial charge is 0.497 e. The minimum atomic E-state index is -3.57. The molecular weight excluding hydrogens is 390 g/mol. The summed E-state index contributed by atoms with van der Waals surface area (Å²) in [7, 11) is -2.04. The van der Waals surface area contributed by atoms with Crippen LogP contribution in [0.5, 0.6) is 5.75 Å². The van der Waals surface area contributed by atoms with Gasteiger partial charge in [-0.3, -0.25) is 4.79 Å². The maximum atomic E-state index is 12.9. The molecule has 0 bridgehead atoms. The van der Waals surface area contributed by atoms with Crippen molar-refractivity contribution in [1.29, 1.82) is 0 Å². The summed E-state index contributed by atoms with van der Waals surface area (Å²) < 4.78 is 32.2. The van der Waals surface area contributed by atoms with Crippen molar-refractivity contribution in [2.45, 2.75) is 17.7 Å². The van der Waals surface area contributed by atoms with E-state index in [-0.39, 0.29) is 16.7 Å². The summed E-state index contributed by atoms with van der Waals surface area (Å²) >= 11 is 0. The molecule has 7 nitrogen and oxygen atoms in total. The van der Waals surface area contributed by atoms with Crippen LogP contribution < -0.4 is 10.1 Å². The number of anilines is 1. The zero-order valence-corrected chi connectivity index (χ0v) is 16.9. The first kappa shape index (κ1) is 19.5. The van der Waals surface area contributed by atoms with Gasteiger partial charge in [0.15, 0.2) is 0 Å². The van der Waals surface area contributed by atoms with E-state index in [0.29, 0.717) is 31.7 Å². The van der Waals surface area contributed by atoms with E-state index in [1.54, 1.807) is 24.3 Å². The number of hydrogen-bond acceptors (Lipinski definition) is 4. The van der Waals surface area contributed by atoms with Crippen LogP contribution in [0, 0.1) is 5.92 Å². The Morgan fingerprint density at radius 3 is 2.52 bits per heavy atom. The number of hydrogen-bond donors (Lipinski definition) is 2. The molecule has 0 radical (unpaired) electrons. The Bertz CT molecular complexity index is 1110. The van der Waals surface area contributed by atoms with E-state index >= 15 is 0 Å². The number of rotatable bonds is 5. The van der Waals surface area contributed by atoms with Crippen molar-refractivity contribution in [2.24, 2.45) is 5.92 Å². The van der Waals surface area contributed by atoms with Gasteiger partial charge >= 0.3 is 0 Å². The van der Waals surface area contributed by atoms with Gasteiger partial charge in [-0.05, 0) is 55.3 Å². The number of ether oxygens (including phenoxy) is 1. The number of carbonyl (C=O) groups is 1. The topological polar surface area (TPSA) is 91.5 Å². The van der Waals surface area contributed by atoms with Crippen molar-refractivity contribution in [3.8, 4) is 5.75 Å². The third-order valence-electron chi connectivity index (χ3n) is 5.37. The van der Waals surface area contributed by atoms with E-state index < -0.39 is 10.0 Å². The van der Waals surface area contributed by atoms with E-state index in [4.69, 9.17) is 4.74 Å². The summed E-state index contributed by atoms with van der Waals surface area (Å²) in [6.07, 6.45) is 2.82. The molecule has 1 saturated heterocycles. The third kappa shape index (κ3) is 3.86. The first-order valence-electron chi connectivity index (χ1n) is 9.50. The lowest BCUT2D eigenvalue weighted by molar-refractivity contribution is -0.120. The number of benzene rings is 2. The molecule has 1 aliphatic rings. The Morgan fingerprint density at radius 1 is 1.10 bits per heavy atom. The molecule has 0 spiro atoms. The molecule has 29 heavy (non-hydrogen) atoms. The first-order valence-corrected chi connectivity index (χ1v) is 10.9. The number of aromatic nitrogens is 1. The molecule has 0 aliphatic carbocycles. The monoisotopic (exact) mass is 413 g/mol. The van der Waals surface area contributed by atoms with Gasteiger partial charge in [-0.1, -0.05) is 6.07 Å². The number of sulfonamides is 1. The lowest BCUT2D eigenvalue weighted by Gasteiger charge is -2.30. The van der Waals surface area contributed by atoms with Crippen molar-refractivity contribution in [2.75, 3.05) is 25.5 Å². The molecule has 8 heteroatoms. The fourth-order valence-corrected chi connectivity index (χ4v) is 5.15. The van der Waals surface area contributed by atoms with Crippen LogP contribution in [0.3, 0.4) is 0 Å². The number of nitrogens with zero attached hydrogens (tertiary/aromatic N) is 1. The van der Waals surface area contributed by atoms with Crippen molar-refractivity contribution < 1.29 is 17.9 Å². The minimum Gasteiger partial charge on any atom is -0.497 e. The van der Waals surface area contributed by atoms with Gasteiger partial charge in [0.05, 0.1) is 17.7 Å². The van der Waals surface area contributed by atoms with Gasteiger partial charge in [0.2, 0.25) is 15.9 Å². The van der Waals surface area contributed by atoms with Crippen LogP contribution in [0.25, 0.3) is 10.9 Å². The third-order valence-corrected chi connectivity index (χ3v) is 7.29. The molecule has 2 aromatic carbocycles. The number of aromatic amines is 1. The van der Waals surface area contributed by atoms with Gasteiger partial charge in [0, 0.05) is 36.1 Å². The lowest BCUT2D eigenvalue weighted by atomic mass is 9.97. The highest BCUT2D eigenvalue weighted by Gasteiger charge is 2.32. The summed E-state index contributed by atoms with van der Waals surface area (Å²) in [5, 5.41) is 3.96.